The lowest BCUT2D eigenvalue weighted by Gasteiger charge is -1.96. The van der Waals surface area contributed by atoms with Crippen molar-refractivity contribution in [1.82, 2.24) is 0 Å². The quantitative estimate of drug-likeness (QED) is 0.573. The molecule has 0 bridgehead atoms. The summed E-state index contributed by atoms with van der Waals surface area (Å²) in [5.74, 6) is 0. The summed E-state index contributed by atoms with van der Waals surface area (Å²) in [6.07, 6.45) is 0. The minimum absolute atomic E-state index is 0.514. The Morgan fingerprint density at radius 2 is 2.27 bits per heavy atom. The van der Waals surface area contributed by atoms with Crippen LogP contribution in [0.2, 0.25) is 0 Å². The molecule has 0 saturated carbocycles. The molecule has 0 aromatic heterocycles. The van der Waals surface area contributed by atoms with E-state index in [1.165, 1.54) is 0 Å². The zero-order valence-corrected chi connectivity index (χ0v) is 5.91. The highest BCUT2D eigenvalue weighted by molar-refractivity contribution is 5.50. The molecule has 1 aromatic carbocycles. The van der Waals surface area contributed by atoms with Crippen LogP contribution in [0.5, 0.6) is 0 Å². The van der Waals surface area contributed by atoms with Gasteiger partial charge in [-0.2, -0.15) is 0 Å². The second-order valence-corrected chi connectivity index (χ2v) is 2.50. The Kier molecular flexibility index (Phi) is 1.43. The first-order chi connectivity index (χ1) is 5.42. The fraction of sp³-hybridized carbons (Fsp3) is 0.250. The molecule has 0 N–H and O–H groups in total. The predicted octanol–water partition coefficient (Wildman–Crippen LogP) is 2.11. The molecule has 56 valence electrons. The van der Waals surface area contributed by atoms with Crippen LogP contribution in [0.15, 0.2) is 23.4 Å². The Hall–Kier alpha value is -1.22. The minimum Gasteiger partial charge on any atom is -0.372 e. The molecule has 0 aliphatic carbocycles. The zero-order chi connectivity index (χ0) is 7.68. The van der Waals surface area contributed by atoms with Gasteiger partial charge >= 0.3 is 0 Å². The summed E-state index contributed by atoms with van der Waals surface area (Å²) in [4.78, 5) is 10.3. The first-order valence-corrected chi connectivity index (χ1v) is 3.43. The summed E-state index contributed by atoms with van der Waals surface area (Å²) >= 11 is 0. The number of benzene rings is 1. The molecule has 1 heterocycles. The minimum atomic E-state index is 0.514. The molecule has 0 unspecified atom stereocenters. The maximum atomic E-state index is 10.3. The van der Waals surface area contributed by atoms with E-state index < -0.39 is 0 Å². The van der Waals surface area contributed by atoms with Crippen molar-refractivity contribution < 1.29 is 4.74 Å². The van der Waals surface area contributed by atoms with Gasteiger partial charge in [0.15, 0.2) is 0 Å². The van der Waals surface area contributed by atoms with Gasteiger partial charge in [-0.3, -0.25) is 0 Å². The topological polar surface area (TPSA) is 38.7 Å². The van der Waals surface area contributed by atoms with Gasteiger partial charge in [0, 0.05) is 5.56 Å². The van der Waals surface area contributed by atoms with Gasteiger partial charge in [-0.15, -0.1) is 4.91 Å². The van der Waals surface area contributed by atoms with Crippen LogP contribution in [0.3, 0.4) is 0 Å². The number of hydrogen-bond acceptors (Lipinski definition) is 3. The van der Waals surface area contributed by atoms with Crippen LogP contribution in [0.1, 0.15) is 11.1 Å². The summed E-state index contributed by atoms with van der Waals surface area (Å²) in [5, 5.41) is 2.91. The van der Waals surface area contributed by atoms with Gasteiger partial charge in [-0.05, 0) is 16.8 Å². The number of rotatable bonds is 1. The molecule has 3 heteroatoms. The second kappa shape index (κ2) is 2.43. The molecule has 0 fully saturated rings. The van der Waals surface area contributed by atoms with Gasteiger partial charge < -0.3 is 4.74 Å². The smallest absolute Gasteiger partial charge is 0.113 e. The molecule has 0 atom stereocenters. The highest BCUT2D eigenvalue weighted by atomic mass is 16.5. The summed E-state index contributed by atoms with van der Waals surface area (Å²) in [6, 6.07) is 5.49. The lowest BCUT2D eigenvalue weighted by molar-refractivity contribution is 0.134. The summed E-state index contributed by atoms with van der Waals surface area (Å²) in [6.45, 7) is 1.13. The van der Waals surface area contributed by atoms with Gasteiger partial charge in [0.05, 0.1) is 13.2 Å². The monoisotopic (exact) mass is 149 g/mol. The summed E-state index contributed by atoms with van der Waals surface area (Å²) < 4.78 is 5.16. The van der Waals surface area contributed by atoms with Crippen molar-refractivity contribution in [2.24, 2.45) is 5.18 Å². The number of nitrogens with zero attached hydrogens (tertiary/aromatic N) is 1. The van der Waals surface area contributed by atoms with E-state index in [1.807, 2.05) is 12.1 Å². The van der Waals surface area contributed by atoms with Crippen molar-refractivity contribution in [3.8, 4) is 0 Å². The maximum Gasteiger partial charge on any atom is 0.113 e. The average Bonchev–Trinajstić information content (AvgIpc) is 2.50. The van der Waals surface area contributed by atoms with E-state index in [4.69, 9.17) is 4.74 Å². The van der Waals surface area contributed by atoms with Gasteiger partial charge in [0.25, 0.3) is 0 Å². The Balaban J connectivity index is 2.58. The number of nitroso groups, excluding NO2 is 1. The van der Waals surface area contributed by atoms with Crippen LogP contribution in [0.4, 0.5) is 5.69 Å². The number of fused-ring (bicyclic) bond motifs is 1. The third-order valence-electron chi connectivity index (χ3n) is 1.85. The highest BCUT2D eigenvalue weighted by Crippen LogP contribution is 2.28. The van der Waals surface area contributed by atoms with Crippen molar-refractivity contribution in [2.75, 3.05) is 0 Å². The largest absolute Gasteiger partial charge is 0.372 e. The zero-order valence-electron chi connectivity index (χ0n) is 5.91. The lowest BCUT2D eigenvalue weighted by Crippen LogP contribution is -1.80. The highest BCUT2D eigenvalue weighted by Gasteiger charge is 2.14. The van der Waals surface area contributed by atoms with Gasteiger partial charge in [0.2, 0.25) is 0 Å². The molecule has 1 aliphatic rings. The maximum absolute atomic E-state index is 10.3. The van der Waals surface area contributed by atoms with E-state index in [-0.39, 0.29) is 0 Å². The van der Waals surface area contributed by atoms with E-state index in [0.717, 1.165) is 11.1 Å². The average molecular weight is 149 g/mol. The van der Waals surface area contributed by atoms with Crippen LogP contribution in [0.25, 0.3) is 0 Å². The van der Waals surface area contributed by atoms with Gasteiger partial charge in [-0.25, -0.2) is 0 Å². The molecule has 0 amide bonds. The predicted molar refractivity (Wildman–Crippen MR) is 40.4 cm³/mol. The van der Waals surface area contributed by atoms with Crippen LogP contribution in [-0.2, 0) is 18.0 Å². The van der Waals surface area contributed by atoms with Crippen molar-refractivity contribution in [3.05, 3.63) is 34.2 Å². The number of ether oxygens (including phenoxy) is 1. The molecule has 2 rings (SSSR count). The Morgan fingerprint density at radius 1 is 1.36 bits per heavy atom. The van der Waals surface area contributed by atoms with Crippen LogP contribution in [0, 0.1) is 4.91 Å². The van der Waals surface area contributed by atoms with E-state index in [9.17, 15) is 4.91 Å². The fourth-order valence-corrected chi connectivity index (χ4v) is 1.27. The summed E-state index contributed by atoms with van der Waals surface area (Å²) in [7, 11) is 0. The van der Waals surface area contributed by atoms with Gasteiger partial charge in [-0.1, -0.05) is 12.1 Å². The third-order valence-corrected chi connectivity index (χ3v) is 1.85. The molecule has 0 spiro atoms. The first kappa shape index (κ1) is 6.49. The Morgan fingerprint density at radius 3 is 3.09 bits per heavy atom. The first-order valence-electron chi connectivity index (χ1n) is 3.43. The third kappa shape index (κ3) is 0.935. The standard InChI is InChI=1S/C8H7NO2/c10-9-8-3-1-2-6-4-11-5-7(6)8/h1-3H,4-5H2. The van der Waals surface area contributed by atoms with E-state index in [0.29, 0.717) is 18.9 Å². The Labute approximate surface area is 64.0 Å². The normalized spacial score (nSPS) is 14.5. The fourth-order valence-electron chi connectivity index (χ4n) is 1.27. The molecule has 11 heavy (non-hydrogen) atoms. The van der Waals surface area contributed by atoms with E-state index in [1.54, 1.807) is 6.07 Å². The number of hydrogen-bond donors (Lipinski definition) is 0. The molecule has 0 radical (unpaired) electrons. The molecular formula is C8H7NO2. The van der Waals surface area contributed by atoms with Crippen molar-refractivity contribution in [1.29, 1.82) is 0 Å². The van der Waals surface area contributed by atoms with Crippen LogP contribution in [-0.4, -0.2) is 0 Å². The van der Waals surface area contributed by atoms with Crippen molar-refractivity contribution in [2.45, 2.75) is 13.2 Å². The van der Waals surface area contributed by atoms with Gasteiger partial charge in [0.1, 0.15) is 5.69 Å². The molecule has 1 aliphatic heterocycles. The van der Waals surface area contributed by atoms with Crippen LogP contribution >= 0.6 is 0 Å². The molecule has 1 aromatic rings. The van der Waals surface area contributed by atoms with Crippen LogP contribution < -0.4 is 0 Å². The molecule has 0 saturated heterocycles. The Bertz CT molecular complexity index is 296. The van der Waals surface area contributed by atoms with E-state index in [2.05, 4.69) is 5.18 Å². The molecule has 3 nitrogen and oxygen atoms in total. The summed E-state index contributed by atoms with van der Waals surface area (Å²) in [5.41, 5.74) is 2.55. The lowest BCUT2D eigenvalue weighted by atomic mass is 10.1. The van der Waals surface area contributed by atoms with E-state index >= 15 is 0 Å². The molecular weight excluding hydrogens is 142 g/mol. The SMILES string of the molecule is O=Nc1cccc2c1COC2. The second-order valence-electron chi connectivity index (χ2n) is 2.50. The van der Waals surface area contributed by atoms with Crippen molar-refractivity contribution in [3.63, 3.8) is 0 Å². The van der Waals surface area contributed by atoms with Crippen molar-refractivity contribution >= 4 is 5.69 Å².